The smallest absolute Gasteiger partial charge is 0.330 e. The van der Waals surface area contributed by atoms with Crippen molar-refractivity contribution in [2.45, 2.75) is 12.8 Å². The van der Waals surface area contributed by atoms with Gasteiger partial charge in [-0.3, -0.25) is 9.59 Å². The number of halogens is 1. The van der Waals surface area contributed by atoms with Crippen LogP contribution < -0.4 is 0 Å². The van der Waals surface area contributed by atoms with E-state index in [-0.39, 0.29) is 38.5 Å². The van der Waals surface area contributed by atoms with E-state index in [4.69, 9.17) is 5.11 Å². The first-order chi connectivity index (χ1) is 7.06. The Kier molecular flexibility index (Phi) is 10.5. The maximum Gasteiger partial charge on any atom is 0.330 e. The number of carbonyl (C=O) groups excluding carboxylic acids is 2. The van der Waals surface area contributed by atoms with Gasteiger partial charge in [-0.25, -0.2) is 4.79 Å². The zero-order chi connectivity index (χ0) is 11.7. The van der Waals surface area contributed by atoms with Crippen molar-refractivity contribution in [3.63, 3.8) is 0 Å². The number of rotatable bonds is 7. The van der Waals surface area contributed by atoms with Gasteiger partial charge in [0.25, 0.3) is 0 Å². The summed E-state index contributed by atoms with van der Waals surface area (Å²) in [5.41, 5.74) is 0. The predicted octanol–water partition coefficient (Wildman–Crippen LogP) is 0.545. The van der Waals surface area contributed by atoms with Gasteiger partial charge in [0.2, 0.25) is 0 Å². The Hall–Kier alpha value is -1.56. The molecule has 6 nitrogen and oxygen atoms in total. The van der Waals surface area contributed by atoms with Crippen molar-refractivity contribution in [1.82, 2.24) is 0 Å². The molecule has 1 N–H and O–H groups in total. The average molecular weight is 253 g/mol. The minimum Gasteiger partial charge on any atom is -0.481 e. The van der Waals surface area contributed by atoms with Crippen molar-refractivity contribution >= 4 is 30.3 Å². The Bertz CT molecular complexity index is 263. The molecule has 0 aliphatic heterocycles. The van der Waals surface area contributed by atoms with Crippen molar-refractivity contribution in [1.29, 1.82) is 0 Å². The normalized spacial score (nSPS) is 8.50. The lowest BCUT2D eigenvalue weighted by Gasteiger charge is -2.03. The lowest BCUT2D eigenvalue weighted by molar-refractivity contribution is -0.151. The molecule has 0 atom stereocenters. The van der Waals surface area contributed by atoms with Gasteiger partial charge >= 0.3 is 17.9 Å². The van der Waals surface area contributed by atoms with Crippen molar-refractivity contribution in [2.75, 3.05) is 13.2 Å². The lowest BCUT2D eigenvalue weighted by atomic mass is 10.3. The predicted molar refractivity (Wildman–Crippen MR) is 56.2 cm³/mol. The number of carbonyl (C=O) groups is 3. The van der Waals surface area contributed by atoms with Crippen LogP contribution in [0.3, 0.4) is 0 Å². The standard InChI is InChI=1S/C9H12O6.ClH/c1-2-8(12)14-5-6-15-9(13)4-3-7(10)11;/h2H,1,3-6H2,(H,10,11);1H. The molecule has 16 heavy (non-hydrogen) atoms. The lowest BCUT2D eigenvalue weighted by Crippen LogP contribution is -2.13. The molecule has 7 heteroatoms. The highest BCUT2D eigenvalue weighted by atomic mass is 35.5. The highest BCUT2D eigenvalue weighted by molar-refractivity contribution is 5.85. The topological polar surface area (TPSA) is 89.9 Å². The molecule has 92 valence electrons. The third kappa shape index (κ3) is 10.5. The molecule has 0 rings (SSSR count). The summed E-state index contributed by atoms with van der Waals surface area (Å²) in [5, 5.41) is 8.25. The van der Waals surface area contributed by atoms with Crippen molar-refractivity contribution in [3.05, 3.63) is 12.7 Å². The first-order valence-electron chi connectivity index (χ1n) is 4.23. The molecule has 0 aromatic rings. The number of aliphatic carboxylic acids is 1. The van der Waals surface area contributed by atoms with Crippen LogP contribution in [0.25, 0.3) is 0 Å². The van der Waals surface area contributed by atoms with Gasteiger partial charge in [-0.05, 0) is 0 Å². The highest BCUT2D eigenvalue weighted by Crippen LogP contribution is 1.93. The Morgan fingerprint density at radius 1 is 1.12 bits per heavy atom. The molecule has 0 aromatic carbocycles. The molecule has 0 aromatic heterocycles. The molecule has 0 saturated heterocycles. The SMILES string of the molecule is C=CC(=O)OCCOC(=O)CCC(=O)O.Cl. The molecule has 0 bridgehead atoms. The molecule has 0 heterocycles. The average Bonchev–Trinajstić information content (AvgIpc) is 2.21. The van der Waals surface area contributed by atoms with Crippen LogP contribution >= 0.6 is 12.4 Å². The Labute approximate surface area is 98.6 Å². The van der Waals surface area contributed by atoms with E-state index in [1.807, 2.05) is 0 Å². The summed E-state index contributed by atoms with van der Waals surface area (Å²) in [6, 6.07) is 0. The fourth-order valence-electron chi connectivity index (χ4n) is 0.638. The van der Waals surface area contributed by atoms with Crippen LogP contribution in [-0.2, 0) is 23.9 Å². The van der Waals surface area contributed by atoms with Crippen molar-refractivity contribution in [3.8, 4) is 0 Å². The van der Waals surface area contributed by atoms with E-state index in [0.717, 1.165) is 6.08 Å². The van der Waals surface area contributed by atoms with Crippen LogP contribution in [0.2, 0.25) is 0 Å². The van der Waals surface area contributed by atoms with Gasteiger partial charge in [-0.1, -0.05) is 6.58 Å². The zero-order valence-corrected chi connectivity index (χ0v) is 9.33. The second-order valence-electron chi connectivity index (χ2n) is 2.49. The molecule has 0 fully saturated rings. The summed E-state index contributed by atoms with van der Waals surface area (Å²) >= 11 is 0. The van der Waals surface area contributed by atoms with Crippen LogP contribution in [0, 0.1) is 0 Å². The maximum absolute atomic E-state index is 10.8. The van der Waals surface area contributed by atoms with Gasteiger partial charge in [0.15, 0.2) is 0 Å². The number of esters is 2. The summed E-state index contributed by atoms with van der Waals surface area (Å²) in [4.78, 5) is 31.4. The third-order valence-electron chi connectivity index (χ3n) is 1.30. The van der Waals surface area contributed by atoms with Gasteiger partial charge < -0.3 is 14.6 Å². The summed E-state index contributed by atoms with van der Waals surface area (Å²) < 4.78 is 9.09. The molecule has 0 aliphatic rings. The molecule has 0 unspecified atom stereocenters. The van der Waals surface area contributed by atoms with Crippen molar-refractivity contribution < 1.29 is 29.0 Å². The molecule has 0 radical (unpaired) electrons. The van der Waals surface area contributed by atoms with Crippen molar-refractivity contribution in [2.24, 2.45) is 0 Å². The number of hydrogen-bond donors (Lipinski definition) is 1. The number of carboxylic acids is 1. The molecule has 0 amide bonds. The molecular weight excluding hydrogens is 240 g/mol. The second-order valence-corrected chi connectivity index (χ2v) is 2.49. The van der Waals surface area contributed by atoms with Crippen LogP contribution in [0.15, 0.2) is 12.7 Å². The Morgan fingerprint density at radius 3 is 2.19 bits per heavy atom. The van der Waals surface area contributed by atoms with Gasteiger partial charge in [0.05, 0.1) is 12.8 Å². The summed E-state index contributed by atoms with van der Waals surface area (Å²) in [6.07, 6.45) is 0.530. The van der Waals surface area contributed by atoms with Gasteiger partial charge in [0, 0.05) is 6.08 Å². The Balaban J connectivity index is 0. The van der Waals surface area contributed by atoms with Crippen LogP contribution in [-0.4, -0.2) is 36.2 Å². The molecule has 0 saturated carbocycles. The first kappa shape index (κ1) is 16.9. The van der Waals surface area contributed by atoms with Crippen LogP contribution in [0.4, 0.5) is 0 Å². The minimum atomic E-state index is -1.06. The van der Waals surface area contributed by atoms with E-state index in [2.05, 4.69) is 16.1 Å². The monoisotopic (exact) mass is 252 g/mol. The number of ether oxygens (including phenoxy) is 2. The van der Waals surface area contributed by atoms with Gasteiger partial charge in [-0.15, -0.1) is 12.4 Å². The third-order valence-corrected chi connectivity index (χ3v) is 1.30. The molecule has 0 aliphatic carbocycles. The Morgan fingerprint density at radius 2 is 1.69 bits per heavy atom. The van der Waals surface area contributed by atoms with E-state index in [1.165, 1.54) is 0 Å². The fraction of sp³-hybridized carbons (Fsp3) is 0.444. The van der Waals surface area contributed by atoms with E-state index in [0.29, 0.717) is 0 Å². The van der Waals surface area contributed by atoms with Gasteiger partial charge in [0.1, 0.15) is 13.2 Å². The summed E-state index contributed by atoms with van der Waals surface area (Å²) in [5.74, 6) is -2.30. The van der Waals surface area contributed by atoms with E-state index >= 15 is 0 Å². The van der Waals surface area contributed by atoms with E-state index in [1.54, 1.807) is 0 Å². The molecule has 0 spiro atoms. The van der Waals surface area contributed by atoms with Gasteiger partial charge in [-0.2, -0.15) is 0 Å². The highest BCUT2D eigenvalue weighted by Gasteiger charge is 2.06. The summed E-state index contributed by atoms with van der Waals surface area (Å²) in [7, 11) is 0. The number of carboxylic acid groups (broad SMARTS) is 1. The molecular formula is C9H13ClO6. The summed E-state index contributed by atoms with van der Waals surface area (Å²) in [6.45, 7) is 3.02. The maximum atomic E-state index is 10.8. The first-order valence-corrected chi connectivity index (χ1v) is 4.23. The zero-order valence-electron chi connectivity index (χ0n) is 8.51. The fourth-order valence-corrected chi connectivity index (χ4v) is 0.638. The largest absolute Gasteiger partial charge is 0.481 e. The minimum absolute atomic E-state index is 0. The van der Waals surface area contributed by atoms with Crippen LogP contribution in [0.5, 0.6) is 0 Å². The quantitative estimate of drug-likeness (QED) is 0.404. The number of hydrogen-bond acceptors (Lipinski definition) is 5. The van der Waals surface area contributed by atoms with Crippen LogP contribution in [0.1, 0.15) is 12.8 Å². The van der Waals surface area contributed by atoms with E-state index in [9.17, 15) is 14.4 Å². The second kappa shape index (κ2) is 9.97. The van der Waals surface area contributed by atoms with E-state index < -0.39 is 17.9 Å².